The average molecular weight is 355 g/mol. The first kappa shape index (κ1) is 18.3. The maximum absolute atomic E-state index is 11.1. The fourth-order valence-corrected chi connectivity index (χ4v) is 3.26. The number of hydrogen-bond acceptors (Lipinski definition) is 3. The van der Waals surface area contributed by atoms with Gasteiger partial charge in [-0.3, -0.25) is 0 Å². The minimum Gasteiger partial charge on any atom is -0.494 e. The molecule has 0 bridgehead atoms. The molecule has 0 aliphatic carbocycles. The second kappa shape index (κ2) is 8.72. The van der Waals surface area contributed by atoms with Gasteiger partial charge in [0.15, 0.2) is 0 Å². The molecule has 0 aromatic heterocycles. The lowest BCUT2D eigenvalue weighted by Gasteiger charge is -2.32. The molecular weight excluding hydrogens is 330 g/mol. The number of carbonyl (C=O) groups is 1. The van der Waals surface area contributed by atoms with E-state index in [1.165, 1.54) is 4.90 Å². The molecule has 1 unspecified atom stereocenters. The van der Waals surface area contributed by atoms with Crippen LogP contribution in [-0.2, 0) is 4.74 Å². The minimum absolute atomic E-state index is 0.0439. The van der Waals surface area contributed by atoms with Gasteiger partial charge in [-0.15, -0.1) is 0 Å². The van der Waals surface area contributed by atoms with Crippen molar-refractivity contribution in [1.29, 1.82) is 0 Å². The van der Waals surface area contributed by atoms with E-state index in [0.29, 0.717) is 32.5 Å². The smallest absolute Gasteiger partial charge is 0.407 e. The first-order chi connectivity index (χ1) is 12.7. The van der Waals surface area contributed by atoms with Crippen molar-refractivity contribution >= 4 is 6.09 Å². The monoisotopic (exact) mass is 355 g/mol. The maximum Gasteiger partial charge on any atom is 0.407 e. The Labute approximate surface area is 154 Å². The van der Waals surface area contributed by atoms with Crippen LogP contribution in [0.5, 0.6) is 5.75 Å². The summed E-state index contributed by atoms with van der Waals surface area (Å²) in [4.78, 5) is 12.5. The number of nitrogens with zero attached hydrogens (tertiary/aromatic N) is 1. The van der Waals surface area contributed by atoms with E-state index in [4.69, 9.17) is 14.6 Å². The summed E-state index contributed by atoms with van der Waals surface area (Å²) in [5.41, 5.74) is 2.16. The molecular formula is C21H25NO4. The maximum atomic E-state index is 11.1. The molecule has 2 aromatic carbocycles. The van der Waals surface area contributed by atoms with Crippen molar-refractivity contribution in [2.24, 2.45) is 0 Å². The quantitative estimate of drug-likeness (QED) is 0.838. The summed E-state index contributed by atoms with van der Waals surface area (Å²) in [6.07, 6.45) is 0.449. The number of piperidine rings is 1. The van der Waals surface area contributed by atoms with E-state index >= 15 is 0 Å². The predicted molar refractivity (Wildman–Crippen MR) is 99.6 cm³/mol. The fourth-order valence-electron chi connectivity index (χ4n) is 3.26. The number of likely N-dealkylation sites (tertiary alicyclic amines) is 1. The fraction of sp³-hybridized carbons (Fsp3) is 0.381. The van der Waals surface area contributed by atoms with Crippen LogP contribution in [0.25, 0.3) is 0 Å². The predicted octanol–water partition coefficient (Wildman–Crippen LogP) is 4.33. The molecule has 138 valence electrons. The standard InChI is InChI=1S/C21H25NO4/c1-2-25-18-10-8-17(9-11-18)20(16-6-4-3-5-7-16)26-19-12-14-22(15-13-19)21(23)24/h3-11,19-20H,2,12-15H2,1H3,(H,23,24). The molecule has 5 nitrogen and oxygen atoms in total. The van der Waals surface area contributed by atoms with Gasteiger partial charge in [-0.1, -0.05) is 42.5 Å². The summed E-state index contributed by atoms with van der Waals surface area (Å²) >= 11 is 0. The van der Waals surface area contributed by atoms with Gasteiger partial charge in [0.1, 0.15) is 11.9 Å². The van der Waals surface area contributed by atoms with E-state index in [1.807, 2.05) is 49.4 Å². The Balaban J connectivity index is 1.75. The van der Waals surface area contributed by atoms with Crippen molar-refractivity contribution in [2.45, 2.75) is 32.0 Å². The van der Waals surface area contributed by atoms with Gasteiger partial charge in [-0.2, -0.15) is 0 Å². The Morgan fingerprint density at radius 3 is 2.27 bits per heavy atom. The van der Waals surface area contributed by atoms with Gasteiger partial charge < -0.3 is 19.5 Å². The van der Waals surface area contributed by atoms with Crippen molar-refractivity contribution in [3.8, 4) is 5.75 Å². The van der Waals surface area contributed by atoms with Crippen molar-refractivity contribution < 1.29 is 19.4 Å². The number of benzene rings is 2. The number of carboxylic acid groups (broad SMARTS) is 1. The minimum atomic E-state index is -0.852. The number of amides is 1. The van der Waals surface area contributed by atoms with Gasteiger partial charge in [0, 0.05) is 13.1 Å². The summed E-state index contributed by atoms with van der Waals surface area (Å²) in [7, 11) is 0. The summed E-state index contributed by atoms with van der Waals surface area (Å²) in [6, 6.07) is 18.1. The molecule has 1 aliphatic heterocycles. The Morgan fingerprint density at radius 1 is 1.08 bits per heavy atom. The third-order valence-corrected chi connectivity index (χ3v) is 4.64. The Morgan fingerprint density at radius 2 is 1.69 bits per heavy atom. The van der Waals surface area contributed by atoms with Crippen LogP contribution in [-0.4, -0.2) is 41.9 Å². The van der Waals surface area contributed by atoms with Gasteiger partial charge in [0.25, 0.3) is 0 Å². The van der Waals surface area contributed by atoms with Crippen LogP contribution < -0.4 is 4.74 Å². The second-order valence-corrected chi connectivity index (χ2v) is 6.40. The van der Waals surface area contributed by atoms with E-state index in [1.54, 1.807) is 0 Å². The Bertz CT molecular complexity index is 694. The lowest BCUT2D eigenvalue weighted by atomic mass is 10.00. The van der Waals surface area contributed by atoms with Crippen molar-refractivity contribution in [3.05, 3.63) is 65.7 Å². The molecule has 2 aromatic rings. The molecule has 5 heteroatoms. The van der Waals surface area contributed by atoms with Gasteiger partial charge in [-0.05, 0) is 43.0 Å². The SMILES string of the molecule is CCOc1ccc(C(OC2CCN(C(=O)O)CC2)c2ccccc2)cc1. The third kappa shape index (κ3) is 4.55. The normalized spacial score (nSPS) is 16.3. The molecule has 26 heavy (non-hydrogen) atoms. The third-order valence-electron chi connectivity index (χ3n) is 4.64. The molecule has 1 N–H and O–H groups in total. The molecule has 0 radical (unpaired) electrons. The topological polar surface area (TPSA) is 59.0 Å². The molecule has 1 aliphatic rings. The van der Waals surface area contributed by atoms with Gasteiger partial charge in [0.2, 0.25) is 0 Å². The van der Waals surface area contributed by atoms with E-state index in [0.717, 1.165) is 16.9 Å². The van der Waals surface area contributed by atoms with E-state index < -0.39 is 6.09 Å². The highest BCUT2D eigenvalue weighted by molar-refractivity contribution is 5.65. The molecule has 1 heterocycles. The van der Waals surface area contributed by atoms with Crippen LogP contribution in [0, 0.1) is 0 Å². The van der Waals surface area contributed by atoms with E-state index in [-0.39, 0.29) is 12.2 Å². The van der Waals surface area contributed by atoms with Crippen LogP contribution in [0.1, 0.15) is 37.0 Å². The van der Waals surface area contributed by atoms with Gasteiger partial charge in [-0.25, -0.2) is 4.79 Å². The summed E-state index contributed by atoms with van der Waals surface area (Å²) in [5, 5.41) is 9.11. The van der Waals surface area contributed by atoms with E-state index in [9.17, 15) is 4.79 Å². The van der Waals surface area contributed by atoms with Crippen LogP contribution in [0.2, 0.25) is 0 Å². The highest BCUT2D eigenvalue weighted by atomic mass is 16.5. The molecule has 1 amide bonds. The van der Waals surface area contributed by atoms with Gasteiger partial charge in [0.05, 0.1) is 12.7 Å². The van der Waals surface area contributed by atoms with Crippen LogP contribution in [0.15, 0.2) is 54.6 Å². The first-order valence-corrected chi connectivity index (χ1v) is 9.08. The Kier molecular flexibility index (Phi) is 6.12. The van der Waals surface area contributed by atoms with Crippen LogP contribution in [0.4, 0.5) is 4.79 Å². The van der Waals surface area contributed by atoms with Gasteiger partial charge >= 0.3 is 6.09 Å². The molecule has 0 saturated carbocycles. The largest absolute Gasteiger partial charge is 0.494 e. The van der Waals surface area contributed by atoms with Crippen LogP contribution in [0.3, 0.4) is 0 Å². The van der Waals surface area contributed by atoms with Crippen LogP contribution >= 0.6 is 0 Å². The zero-order chi connectivity index (χ0) is 18.4. The summed E-state index contributed by atoms with van der Waals surface area (Å²) in [5.74, 6) is 0.845. The average Bonchev–Trinajstić information content (AvgIpc) is 2.68. The van der Waals surface area contributed by atoms with Crippen molar-refractivity contribution in [3.63, 3.8) is 0 Å². The summed E-state index contributed by atoms with van der Waals surface area (Å²) in [6.45, 7) is 3.64. The zero-order valence-electron chi connectivity index (χ0n) is 15.0. The number of hydrogen-bond donors (Lipinski definition) is 1. The molecule has 1 saturated heterocycles. The molecule has 3 rings (SSSR count). The van der Waals surface area contributed by atoms with Crippen molar-refractivity contribution in [1.82, 2.24) is 4.90 Å². The molecule has 1 atom stereocenters. The Hall–Kier alpha value is -2.53. The van der Waals surface area contributed by atoms with Crippen molar-refractivity contribution in [2.75, 3.05) is 19.7 Å². The molecule has 0 spiro atoms. The highest BCUT2D eigenvalue weighted by Crippen LogP contribution is 2.31. The van der Waals surface area contributed by atoms with E-state index in [2.05, 4.69) is 12.1 Å². The zero-order valence-corrected chi connectivity index (χ0v) is 15.0. The lowest BCUT2D eigenvalue weighted by molar-refractivity contribution is -0.0240. The lowest BCUT2D eigenvalue weighted by Crippen LogP contribution is -2.40. The second-order valence-electron chi connectivity index (χ2n) is 6.40. The number of ether oxygens (including phenoxy) is 2. The molecule has 1 fully saturated rings. The summed E-state index contributed by atoms with van der Waals surface area (Å²) < 4.78 is 12.0. The first-order valence-electron chi connectivity index (χ1n) is 9.08. The number of rotatable bonds is 6. The highest BCUT2D eigenvalue weighted by Gasteiger charge is 2.26.